The first kappa shape index (κ1) is 4.09. The van der Waals surface area contributed by atoms with Crippen molar-refractivity contribution in [2.75, 3.05) is 0 Å². The van der Waals surface area contributed by atoms with Crippen molar-refractivity contribution < 1.29 is 0 Å². The fourth-order valence-electron chi connectivity index (χ4n) is 0. The van der Waals surface area contributed by atoms with Crippen molar-refractivity contribution >= 4 is 16.3 Å². The summed E-state index contributed by atoms with van der Waals surface area (Å²) in [5.41, 5.74) is 0. The van der Waals surface area contributed by atoms with Gasteiger partial charge in [0.25, 0.3) is 0 Å². The Kier molecular flexibility index (Phi) is 3.16. The smallest absolute Gasteiger partial charge is 0.122 e. The van der Waals surface area contributed by atoms with Crippen LogP contribution in [0.3, 0.4) is 0 Å². The molecule has 0 aromatic rings. The molecule has 0 rings (SSSR count). The zero-order valence-electron chi connectivity index (χ0n) is 2.78. The monoisotopic (exact) mass is 68.0 g/mol. The van der Waals surface area contributed by atoms with Crippen LogP contribution in [0.25, 0.3) is 0 Å². The van der Waals surface area contributed by atoms with Gasteiger partial charge in [-0.05, 0) is 5.28 Å². The van der Waals surface area contributed by atoms with E-state index in [1.807, 2.05) is 0 Å². The van der Waals surface area contributed by atoms with E-state index >= 15 is 0 Å². The van der Waals surface area contributed by atoms with Crippen LogP contribution >= 0.6 is 0 Å². The molecule has 0 aliphatic carbocycles. The molecule has 0 fully saturated rings. The molecule has 0 unspecified atom stereocenters. The first-order valence-electron chi connectivity index (χ1n) is 1.35. The van der Waals surface area contributed by atoms with Gasteiger partial charge in [0, 0.05) is 0 Å². The van der Waals surface area contributed by atoms with Crippen LogP contribution in [0.1, 0.15) is 0 Å². The molecule has 0 saturated carbocycles. The Morgan fingerprint density at radius 2 is 2.25 bits per heavy atom. The Morgan fingerprint density at radius 1 is 2.00 bits per heavy atom. The maximum absolute atomic E-state index is 4.81. The van der Waals surface area contributed by atoms with Crippen LogP contribution in [0.4, 0.5) is 0 Å². The highest BCUT2D eigenvalue weighted by molar-refractivity contribution is 6.10. The van der Waals surface area contributed by atoms with E-state index in [0.717, 1.165) is 21.6 Å². The van der Waals surface area contributed by atoms with Crippen LogP contribution in [0.2, 0.25) is 5.28 Å². The van der Waals surface area contributed by atoms with Crippen molar-refractivity contribution in [3.05, 3.63) is 0 Å². The average molecular weight is 68.1 g/mol. The highest BCUT2D eigenvalue weighted by Crippen LogP contribution is 1.52. The minimum atomic E-state index is 0.986. The summed E-state index contributed by atoms with van der Waals surface area (Å²) in [4.78, 5) is 0. The molecule has 0 saturated heterocycles. The lowest BCUT2D eigenvalue weighted by Gasteiger charge is -1.50. The van der Waals surface area contributed by atoms with Crippen molar-refractivity contribution in [3.63, 3.8) is 0 Å². The molecular formula is C3H5Al. The maximum Gasteiger partial charge on any atom is 0.230 e. The Morgan fingerprint density at radius 3 is 2.25 bits per heavy atom. The third-order valence-corrected chi connectivity index (χ3v) is 0.612. The van der Waals surface area contributed by atoms with E-state index in [2.05, 4.69) is 5.92 Å². The molecule has 0 aromatic heterocycles. The Bertz CT molecular complexity index is 33.0. The van der Waals surface area contributed by atoms with Gasteiger partial charge in [-0.25, -0.2) is 0 Å². The average Bonchev–Trinajstić information content (AvgIpc) is 1.37. The summed E-state index contributed by atoms with van der Waals surface area (Å²) in [6, 6.07) is 0. The molecule has 4 heavy (non-hydrogen) atoms. The maximum atomic E-state index is 4.81. The molecule has 0 N–H and O–H groups in total. The molecule has 0 bridgehead atoms. The van der Waals surface area contributed by atoms with Crippen molar-refractivity contribution in [2.45, 2.75) is 5.28 Å². The molecule has 0 spiro atoms. The summed E-state index contributed by atoms with van der Waals surface area (Å²) >= 11 is 1.15. The second-order valence-corrected chi connectivity index (χ2v) is 1.26. The summed E-state index contributed by atoms with van der Waals surface area (Å²) < 4.78 is 0. The van der Waals surface area contributed by atoms with Crippen molar-refractivity contribution in [1.29, 1.82) is 0 Å². The highest BCUT2D eigenvalue weighted by atomic mass is 27.0. The molecule has 0 atom stereocenters. The van der Waals surface area contributed by atoms with E-state index in [4.69, 9.17) is 6.42 Å². The largest absolute Gasteiger partial charge is 0.230 e. The van der Waals surface area contributed by atoms with Crippen LogP contribution in [0, 0.1) is 12.3 Å². The molecule has 0 radical (unpaired) electrons. The standard InChI is InChI=1S/C3H3.Al.2H/c1-3-2;;;/h1H,2H2;;;. The first-order valence-corrected chi connectivity index (χ1v) is 2.76. The summed E-state index contributed by atoms with van der Waals surface area (Å²) in [6.45, 7) is 0. The lowest BCUT2D eigenvalue weighted by Crippen LogP contribution is -1.48. The van der Waals surface area contributed by atoms with Gasteiger partial charge < -0.3 is 0 Å². The summed E-state index contributed by atoms with van der Waals surface area (Å²) in [5, 5.41) is 0.986. The predicted molar refractivity (Wildman–Crippen MR) is 22.2 cm³/mol. The van der Waals surface area contributed by atoms with Gasteiger partial charge in [-0.2, -0.15) is 0 Å². The van der Waals surface area contributed by atoms with Crippen molar-refractivity contribution in [1.82, 2.24) is 0 Å². The molecular weight excluding hydrogens is 63.0 g/mol. The van der Waals surface area contributed by atoms with E-state index in [-0.39, 0.29) is 0 Å². The van der Waals surface area contributed by atoms with Crippen LogP contribution < -0.4 is 0 Å². The summed E-state index contributed by atoms with van der Waals surface area (Å²) in [7, 11) is 0. The Balaban J connectivity index is 2.43. The lowest BCUT2D eigenvalue weighted by atomic mass is 10.8. The zero-order chi connectivity index (χ0) is 3.41. The molecule has 0 aliphatic heterocycles. The molecule has 0 heterocycles. The molecule has 0 aliphatic rings. The highest BCUT2D eigenvalue weighted by Gasteiger charge is 1.48. The number of hydrogen-bond donors (Lipinski definition) is 0. The van der Waals surface area contributed by atoms with E-state index in [0.29, 0.717) is 0 Å². The van der Waals surface area contributed by atoms with Crippen LogP contribution in [-0.2, 0) is 0 Å². The first-order chi connectivity index (χ1) is 1.91. The van der Waals surface area contributed by atoms with Gasteiger partial charge in [0.15, 0.2) is 0 Å². The fraction of sp³-hybridized carbons (Fsp3) is 0.333. The Labute approximate surface area is 34.6 Å². The predicted octanol–water partition coefficient (Wildman–Crippen LogP) is -0.329. The second-order valence-electron chi connectivity index (χ2n) is 0.558. The van der Waals surface area contributed by atoms with Gasteiger partial charge in [0.05, 0.1) is 0 Å². The van der Waals surface area contributed by atoms with Gasteiger partial charge in [0.1, 0.15) is 0 Å². The molecule has 1 heteroatoms. The third kappa shape index (κ3) is 2.09. The molecule has 0 amide bonds. The van der Waals surface area contributed by atoms with E-state index in [9.17, 15) is 0 Å². The number of terminal acetylenes is 1. The van der Waals surface area contributed by atoms with Crippen LogP contribution in [0.5, 0.6) is 0 Å². The topological polar surface area (TPSA) is 0 Å². The number of hydrogen-bond acceptors (Lipinski definition) is 0. The van der Waals surface area contributed by atoms with Gasteiger partial charge in [-0.1, -0.05) is 0 Å². The zero-order valence-corrected chi connectivity index (χ0v) is 4.78. The molecule has 0 aromatic carbocycles. The second kappa shape index (κ2) is 3.09. The van der Waals surface area contributed by atoms with Crippen molar-refractivity contribution in [2.24, 2.45) is 0 Å². The fourth-order valence-corrected chi connectivity index (χ4v) is 0. The quantitative estimate of drug-likeness (QED) is 0.269. The van der Waals surface area contributed by atoms with Crippen LogP contribution in [0.15, 0.2) is 0 Å². The van der Waals surface area contributed by atoms with Gasteiger partial charge in [-0.15, -0.1) is 12.3 Å². The summed E-state index contributed by atoms with van der Waals surface area (Å²) in [5.74, 6) is 2.49. The van der Waals surface area contributed by atoms with Gasteiger partial charge in [-0.3, -0.25) is 0 Å². The normalized spacial score (nSPS) is 4.75. The van der Waals surface area contributed by atoms with Gasteiger partial charge in [0.2, 0.25) is 16.3 Å². The number of rotatable bonds is 0. The Hall–Kier alpha value is 0.0925. The van der Waals surface area contributed by atoms with E-state index < -0.39 is 0 Å². The SMILES string of the molecule is C#C[CH2][AlH2]. The lowest BCUT2D eigenvalue weighted by molar-refractivity contribution is 1.89. The van der Waals surface area contributed by atoms with Crippen molar-refractivity contribution in [3.8, 4) is 12.3 Å². The summed E-state index contributed by atoms with van der Waals surface area (Å²) in [6.07, 6.45) is 4.81. The van der Waals surface area contributed by atoms with E-state index in [1.54, 1.807) is 0 Å². The van der Waals surface area contributed by atoms with Crippen LogP contribution in [-0.4, -0.2) is 16.3 Å². The minimum absolute atomic E-state index is 0.986. The van der Waals surface area contributed by atoms with Gasteiger partial charge >= 0.3 is 0 Å². The minimum Gasteiger partial charge on any atom is -0.122 e. The van der Waals surface area contributed by atoms with E-state index in [1.165, 1.54) is 0 Å². The molecule has 0 nitrogen and oxygen atoms in total. The third-order valence-electron chi connectivity index (χ3n) is 0.204. The molecule has 20 valence electrons.